The molecule has 7 heteroatoms. The molecule has 0 heterocycles. The van der Waals surface area contributed by atoms with Gasteiger partial charge in [-0.3, -0.25) is 0 Å². The summed E-state index contributed by atoms with van der Waals surface area (Å²) in [6.45, 7) is 4.27. The lowest BCUT2D eigenvalue weighted by molar-refractivity contribution is 0.0834. The number of sulfonamides is 1. The van der Waals surface area contributed by atoms with Crippen LogP contribution in [0.15, 0.2) is 23.1 Å². The number of nitrogens with one attached hydrogen (secondary N) is 1. The Balaban J connectivity index is 2.69. The highest BCUT2D eigenvalue weighted by Gasteiger charge is 2.16. The van der Waals surface area contributed by atoms with E-state index in [9.17, 15) is 8.42 Å². The van der Waals surface area contributed by atoms with E-state index in [-0.39, 0.29) is 23.2 Å². The second-order valence-corrected chi connectivity index (χ2v) is 6.17. The third-order valence-corrected chi connectivity index (χ3v) is 3.88. The first-order valence-corrected chi connectivity index (χ1v) is 7.35. The summed E-state index contributed by atoms with van der Waals surface area (Å²) >= 11 is 5.71. The summed E-state index contributed by atoms with van der Waals surface area (Å²) in [5.41, 5.74) is 5.75. The van der Waals surface area contributed by atoms with Gasteiger partial charge in [-0.25, -0.2) is 13.1 Å². The van der Waals surface area contributed by atoms with Crippen molar-refractivity contribution in [2.24, 2.45) is 0 Å². The highest BCUT2D eigenvalue weighted by Crippen LogP contribution is 2.21. The number of benzene rings is 1. The van der Waals surface area contributed by atoms with Gasteiger partial charge in [0.05, 0.1) is 18.4 Å². The molecule has 1 rings (SSSR count). The van der Waals surface area contributed by atoms with Crippen LogP contribution in [0, 0.1) is 0 Å². The Bertz CT molecular complexity index is 503. The fourth-order valence-corrected chi connectivity index (χ4v) is 2.62. The molecule has 0 atom stereocenters. The van der Waals surface area contributed by atoms with E-state index in [1.165, 1.54) is 18.2 Å². The molecule has 1 aromatic rings. The summed E-state index contributed by atoms with van der Waals surface area (Å²) in [7, 11) is -3.62. The van der Waals surface area contributed by atoms with Gasteiger partial charge in [0.2, 0.25) is 10.0 Å². The molecular formula is C11H17ClN2O3S. The first-order valence-electron chi connectivity index (χ1n) is 5.49. The summed E-state index contributed by atoms with van der Waals surface area (Å²) in [6.07, 6.45) is 0.0649. The van der Waals surface area contributed by atoms with Gasteiger partial charge in [0.1, 0.15) is 4.90 Å². The maximum atomic E-state index is 11.9. The second kappa shape index (κ2) is 6.38. The standard InChI is InChI=1S/C11H17ClN2O3S/c1-8(2)17-6-5-14-18(15,16)11-4-3-9(12)7-10(11)13/h3-4,7-8,14H,5-6,13H2,1-2H3. The number of rotatable bonds is 6. The number of nitrogens with two attached hydrogens (primary N) is 1. The van der Waals surface area contributed by atoms with Crippen LogP contribution in [0.1, 0.15) is 13.8 Å². The molecule has 0 spiro atoms. The Morgan fingerprint density at radius 1 is 1.44 bits per heavy atom. The molecule has 0 saturated carbocycles. The largest absolute Gasteiger partial charge is 0.398 e. The minimum atomic E-state index is -3.62. The Morgan fingerprint density at radius 3 is 2.67 bits per heavy atom. The van der Waals surface area contributed by atoms with Crippen molar-refractivity contribution in [1.82, 2.24) is 4.72 Å². The fraction of sp³-hybridized carbons (Fsp3) is 0.455. The first kappa shape index (κ1) is 15.2. The minimum absolute atomic E-state index is 0.0245. The molecule has 18 heavy (non-hydrogen) atoms. The lowest BCUT2D eigenvalue weighted by Gasteiger charge is -2.10. The predicted molar refractivity (Wildman–Crippen MR) is 72.1 cm³/mol. The Kier molecular flexibility index (Phi) is 5.40. The van der Waals surface area contributed by atoms with Crippen LogP contribution in [-0.2, 0) is 14.8 Å². The summed E-state index contributed by atoms with van der Waals surface area (Å²) < 4.78 is 31.5. The van der Waals surface area contributed by atoms with Crippen molar-refractivity contribution in [3.8, 4) is 0 Å². The third-order valence-electron chi connectivity index (χ3n) is 2.11. The van der Waals surface area contributed by atoms with Crippen molar-refractivity contribution in [3.63, 3.8) is 0 Å². The van der Waals surface area contributed by atoms with Crippen molar-refractivity contribution < 1.29 is 13.2 Å². The summed E-state index contributed by atoms with van der Waals surface area (Å²) in [5, 5.41) is 0.398. The van der Waals surface area contributed by atoms with E-state index in [2.05, 4.69) is 4.72 Å². The zero-order valence-corrected chi connectivity index (χ0v) is 11.9. The second-order valence-electron chi connectivity index (χ2n) is 4.00. The van der Waals surface area contributed by atoms with Crippen LogP contribution in [0.25, 0.3) is 0 Å². The lowest BCUT2D eigenvalue weighted by atomic mass is 10.3. The topological polar surface area (TPSA) is 81.4 Å². The van der Waals surface area contributed by atoms with Crippen LogP contribution in [0.4, 0.5) is 5.69 Å². The average Bonchev–Trinajstić information content (AvgIpc) is 2.23. The minimum Gasteiger partial charge on any atom is -0.398 e. The van der Waals surface area contributed by atoms with Crippen LogP contribution < -0.4 is 10.5 Å². The lowest BCUT2D eigenvalue weighted by Crippen LogP contribution is -2.28. The molecule has 0 aromatic heterocycles. The van der Waals surface area contributed by atoms with E-state index in [0.717, 1.165) is 0 Å². The van der Waals surface area contributed by atoms with Crippen molar-refractivity contribution >= 4 is 27.3 Å². The van der Waals surface area contributed by atoms with Crippen LogP contribution >= 0.6 is 11.6 Å². The fourth-order valence-electron chi connectivity index (χ4n) is 1.31. The average molecular weight is 293 g/mol. The number of halogens is 1. The Morgan fingerprint density at radius 2 is 2.11 bits per heavy atom. The smallest absolute Gasteiger partial charge is 0.242 e. The van der Waals surface area contributed by atoms with Gasteiger partial charge in [-0.1, -0.05) is 11.6 Å². The van der Waals surface area contributed by atoms with E-state index < -0.39 is 10.0 Å². The molecule has 5 nitrogen and oxygen atoms in total. The molecule has 0 fully saturated rings. The molecule has 0 bridgehead atoms. The van der Waals surface area contributed by atoms with E-state index in [1.54, 1.807) is 0 Å². The number of hydrogen-bond donors (Lipinski definition) is 2. The van der Waals surface area contributed by atoms with Gasteiger partial charge in [0.15, 0.2) is 0 Å². The molecule has 0 amide bonds. The summed E-state index contributed by atoms with van der Waals surface area (Å²) in [4.78, 5) is 0.0245. The molecule has 1 aromatic carbocycles. The van der Waals surface area contributed by atoms with Gasteiger partial charge in [0.25, 0.3) is 0 Å². The van der Waals surface area contributed by atoms with Crippen molar-refractivity contribution in [2.45, 2.75) is 24.8 Å². The van der Waals surface area contributed by atoms with Gasteiger partial charge < -0.3 is 10.5 Å². The van der Waals surface area contributed by atoms with Gasteiger partial charge in [-0.05, 0) is 32.0 Å². The summed E-state index contributed by atoms with van der Waals surface area (Å²) in [5.74, 6) is 0. The van der Waals surface area contributed by atoms with E-state index in [0.29, 0.717) is 11.6 Å². The van der Waals surface area contributed by atoms with Gasteiger partial charge in [-0.15, -0.1) is 0 Å². The number of anilines is 1. The highest BCUT2D eigenvalue weighted by molar-refractivity contribution is 7.89. The number of nitrogen functional groups attached to an aromatic ring is 1. The third kappa shape index (κ3) is 4.45. The Labute approximate surface area is 112 Å². The van der Waals surface area contributed by atoms with Crippen molar-refractivity contribution in [1.29, 1.82) is 0 Å². The molecule has 0 radical (unpaired) electrons. The highest BCUT2D eigenvalue weighted by atomic mass is 35.5. The quantitative estimate of drug-likeness (QED) is 0.617. The molecule has 0 saturated heterocycles. The first-order chi connectivity index (χ1) is 8.33. The van der Waals surface area contributed by atoms with E-state index in [4.69, 9.17) is 22.1 Å². The monoisotopic (exact) mass is 292 g/mol. The van der Waals surface area contributed by atoms with E-state index >= 15 is 0 Å². The Hall–Kier alpha value is -0.820. The number of ether oxygens (including phenoxy) is 1. The molecular weight excluding hydrogens is 276 g/mol. The van der Waals surface area contributed by atoms with Gasteiger partial charge >= 0.3 is 0 Å². The van der Waals surface area contributed by atoms with Crippen LogP contribution in [0.3, 0.4) is 0 Å². The van der Waals surface area contributed by atoms with Gasteiger partial charge in [-0.2, -0.15) is 0 Å². The summed E-state index contributed by atoms with van der Waals surface area (Å²) in [6, 6.07) is 4.27. The molecule has 102 valence electrons. The molecule has 3 N–H and O–H groups in total. The molecule has 0 aliphatic heterocycles. The zero-order valence-electron chi connectivity index (χ0n) is 10.3. The molecule has 0 aliphatic carbocycles. The van der Waals surface area contributed by atoms with Crippen LogP contribution in [0.2, 0.25) is 5.02 Å². The SMILES string of the molecule is CC(C)OCCNS(=O)(=O)c1ccc(Cl)cc1N. The maximum absolute atomic E-state index is 11.9. The van der Waals surface area contributed by atoms with E-state index in [1.807, 2.05) is 13.8 Å². The van der Waals surface area contributed by atoms with Crippen molar-refractivity contribution in [3.05, 3.63) is 23.2 Å². The van der Waals surface area contributed by atoms with Crippen LogP contribution in [-0.4, -0.2) is 27.7 Å². The number of hydrogen-bond acceptors (Lipinski definition) is 4. The predicted octanol–water partition coefficient (Wildman–Crippen LogP) is 1.63. The van der Waals surface area contributed by atoms with Crippen LogP contribution in [0.5, 0.6) is 0 Å². The zero-order chi connectivity index (χ0) is 13.8. The normalized spacial score (nSPS) is 12.0. The molecule has 0 unspecified atom stereocenters. The molecule has 0 aliphatic rings. The van der Waals surface area contributed by atoms with Crippen molar-refractivity contribution in [2.75, 3.05) is 18.9 Å². The van der Waals surface area contributed by atoms with Gasteiger partial charge in [0, 0.05) is 11.6 Å². The maximum Gasteiger partial charge on any atom is 0.242 e.